The van der Waals surface area contributed by atoms with E-state index in [0.717, 1.165) is 51.9 Å². The molecule has 0 unspecified atom stereocenters. The van der Waals surface area contributed by atoms with E-state index in [1.165, 1.54) is 57.4 Å². The van der Waals surface area contributed by atoms with Gasteiger partial charge >= 0.3 is 0 Å². The Morgan fingerprint density at radius 3 is 1.93 bits per heavy atom. The average Bonchev–Trinajstić information content (AvgIpc) is 2.99. The Balaban J connectivity index is 1.37. The number of benzene rings is 2. The van der Waals surface area contributed by atoms with E-state index in [4.69, 9.17) is 14.5 Å². The van der Waals surface area contributed by atoms with Crippen LogP contribution in [0.2, 0.25) is 0 Å². The summed E-state index contributed by atoms with van der Waals surface area (Å²) in [7, 11) is -1.11. The first kappa shape index (κ1) is 27.6. The van der Waals surface area contributed by atoms with E-state index in [0.29, 0.717) is 29.3 Å². The molecule has 0 radical (unpaired) electrons. The van der Waals surface area contributed by atoms with E-state index in [2.05, 4.69) is 29.8 Å². The van der Waals surface area contributed by atoms with E-state index in [1.54, 1.807) is 6.07 Å². The zero-order valence-corrected chi connectivity index (χ0v) is 23.6. The van der Waals surface area contributed by atoms with Gasteiger partial charge in [-0.1, -0.05) is 0 Å². The molecule has 0 saturated carbocycles. The van der Waals surface area contributed by atoms with Crippen molar-refractivity contribution >= 4 is 39.2 Å². The van der Waals surface area contributed by atoms with Crippen LogP contribution in [0.4, 0.5) is 29.2 Å². The molecule has 3 aromatic rings. The normalized spacial score (nSPS) is 15.9. The van der Waals surface area contributed by atoms with Crippen LogP contribution in [-0.4, -0.2) is 68.9 Å². The molecular weight excluding hydrogens is 534 g/mol. The third kappa shape index (κ3) is 6.24. The number of hydrogen-bond acceptors (Lipinski definition) is 11. The second kappa shape index (κ2) is 12.0. The van der Waals surface area contributed by atoms with Crippen molar-refractivity contribution in [3.05, 3.63) is 36.4 Å². The van der Waals surface area contributed by atoms with Crippen LogP contribution in [0.25, 0.3) is 0 Å². The monoisotopic (exact) mass is 569 g/mol. The smallest absolute Gasteiger partial charge is 0.262 e. The molecule has 3 N–H and O–H groups in total. The molecule has 1 aromatic heterocycles. The first-order valence-electron chi connectivity index (χ1n) is 13.5. The van der Waals surface area contributed by atoms with Crippen LogP contribution in [0.15, 0.2) is 41.3 Å². The van der Waals surface area contributed by atoms with Gasteiger partial charge in [0.25, 0.3) is 10.0 Å². The van der Waals surface area contributed by atoms with Gasteiger partial charge in [0.15, 0.2) is 11.5 Å². The maximum Gasteiger partial charge on any atom is 0.262 e. The molecule has 214 valence electrons. The maximum absolute atomic E-state index is 13.0. The van der Waals surface area contributed by atoms with Gasteiger partial charge in [0, 0.05) is 44.0 Å². The Morgan fingerprint density at radius 1 is 0.775 bits per heavy atom. The van der Waals surface area contributed by atoms with Crippen molar-refractivity contribution < 1.29 is 23.0 Å². The number of rotatable bonds is 9. The number of anilines is 5. The molecule has 0 spiro atoms. The molecule has 3 heterocycles. The maximum atomic E-state index is 13.0. The van der Waals surface area contributed by atoms with Crippen LogP contribution in [0.3, 0.4) is 0 Å². The predicted molar refractivity (Wildman–Crippen MR) is 154 cm³/mol. The Kier molecular flexibility index (Phi) is 8.29. The zero-order valence-electron chi connectivity index (χ0n) is 22.8. The Labute approximate surface area is 234 Å². The molecule has 2 fully saturated rings. The third-order valence-corrected chi connectivity index (χ3v) is 8.42. The number of sulfonamides is 1. The number of aromatic nitrogens is 3. The first-order valence-corrected chi connectivity index (χ1v) is 15.0. The van der Waals surface area contributed by atoms with E-state index in [1.807, 2.05) is 0 Å². The summed E-state index contributed by atoms with van der Waals surface area (Å²) >= 11 is 0. The van der Waals surface area contributed by atoms with Crippen LogP contribution < -0.4 is 29.3 Å². The summed E-state index contributed by atoms with van der Waals surface area (Å²) in [5.74, 6) is 2.08. The topological polar surface area (TPSA) is 142 Å². The number of nitrogens with one attached hydrogen (secondary N) is 2. The second-order valence-electron chi connectivity index (χ2n) is 9.83. The largest absolute Gasteiger partial charge is 0.506 e. The lowest BCUT2D eigenvalue weighted by Gasteiger charge is -2.30. The molecule has 2 saturated heterocycles. The minimum Gasteiger partial charge on any atom is -0.506 e. The standard InChI is InChI=1S/C27H35N7O5S/c1-38-23-12-10-20(18-24(23)39-2)40(36,37)32-21-11-9-19(17-22(21)35)28-25-29-26(33-13-5-3-6-14-33)31-27(30-25)34-15-7-4-8-16-34/h9-12,17-18,32,35H,3-8,13-16H2,1-2H3,(H,28,29,30,31). The van der Waals surface area contributed by atoms with Gasteiger partial charge < -0.3 is 29.7 Å². The fraction of sp³-hybridized carbons (Fsp3) is 0.444. The third-order valence-electron chi connectivity index (χ3n) is 7.05. The molecule has 5 rings (SSSR count). The van der Waals surface area contributed by atoms with Crippen molar-refractivity contribution in [3.63, 3.8) is 0 Å². The summed E-state index contributed by atoms with van der Waals surface area (Å²) in [5.41, 5.74) is 0.533. The second-order valence-corrected chi connectivity index (χ2v) is 11.5. The summed E-state index contributed by atoms with van der Waals surface area (Å²) in [5, 5.41) is 13.9. The highest BCUT2D eigenvalue weighted by Gasteiger charge is 2.22. The number of ether oxygens (including phenoxy) is 2. The summed E-state index contributed by atoms with van der Waals surface area (Å²) in [6.07, 6.45) is 6.80. The van der Waals surface area contributed by atoms with E-state index in [-0.39, 0.29) is 22.1 Å². The Hall–Kier alpha value is -4.00. The van der Waals surface area contributed by atoms with Crippen LogP contribution in [0, 0.1) is 0 Å². The highest BCUT2D eigenvalue weighted by Crippen LogP contribution is 2.33. The highest BCUT2D eigenvalue weighted by molar-refractivity contribution is 7.92. The van der Waals surface area contributed by atoms with Gasteiger partial charge in [-0.05, 0) is 62.8 Å². The molecule has 0 amide bonds. The molecule has 0 aliphatic carbocycles. The van der Waals surface area contributed by atoms with Gasteiger partial charge in [-0.25, -0.2) is 8.42 Å². The number of aromatic hydroxyl groups is 1. The Morgan fingerprint density at radius 2 is 1.38 bits per heavy atom. The van der Waals surface area contributed by atoms with E-state index >= 15 is 0 Å². The van der Waals surface area contributed by atoms with Gasteiger partial charge in [0.1, 0.15) is 5.75 Å². The molecule has 12 nitrogen and oxygen atoms in total. The highest BCUT2D eigenvalue weighted by atomic mass is 32.2. The van der Waals surface area contributed by atoms with Gasteiger partial charge in [0.2, 0.25) is 17.8 Å². The van der Waals surface area contributed by atoms with Crippen LogP contribution in [0.5, 0.6) is 17.2 Å². The predicted octanol–water partition coefficient (Wildman–Crippen LogP) is 4.12. The summed E-state index contributed by atoms with van der Waals surface area (Å²) in [4.78, 5) is 18.5. The van der Waals surface area contributed by atoms with Crippen molar-refractivity contribution in [2.75, 3.05) is 60.2 Å². The minimum atomic E-state index is -4.01. The summed E-state index contributed by atoms with van der Waals surface area (Å²) < 4.78 is 38.8. The molecule has 13 heteroatoms. The van der Waals surface area contributed by atoms with Gasteiger partial charge in [-0.3, -0.25) is 4.72 Å². The van der Waals surface area contributed by atoms with Crippen LogP contribution in [0.1, 0.15) is 38.5 Å². The number of hydrogen-bond donors (Lipinski definition) is 3. The molecule has 40 heavy (non-hydrogen) atoms. The SMILES string of the molecule is COc1ccc(S(=O)(=O)Nc2ccc(Nc3nc(N4CCCCC4)nc(N4CCCCC4)n3)cc2O)cc1OC. The van der Waals surface area contributed by atoms with Crippen LogP contribution in [-0.2, 0) is 10.0 Å². The lowest BCUT2D eigenvalue weighted by molar-refractivity contribution is 0.354. The summed E-state index contributed by atoms with van der Waals surface area (Å²) in [6.45, 7) is 3.61. The van der Waals surface area contributed by atoms with Gasteiger partial charge in [-0.15, -0.1) is 0 Å². The van der Waals surface area contributed by atoms with Crippen molar-refractivity contribution in [2.45, 2.75) is 43.4 Å². The number of phenolic OH excluding ortho intramolecular Hbond substituents is 1. The lowest BCUT2D eigenvalue weighted by Crippen LogP contribution is -2.34. The summed E-state index contributed by atoms with van der Waals surface area (Å²) in [6, 6.07) is 8.82. The van der Waals surface area contributed by atoms with Crippen molar-refractivity contribution in [2.24, 2.45) is 0 Å². The quantitative estimate of drug-likeness (QED) is 0.320. The lowest BCUT2D eigenvalue weighted by atomic mass is 10.1. The number of piperidine rings is 2. The fourth-order valence-electron chi connectivity index (χ4n) is 4.89. The molecule has 0 atom stereocenters. The number of methoxy groups -OCH3 is 2. The average molecular weight is 570 g/mol. The first-order chi connectivity index (χ1) is 19.4. The minimum absolute atomic E-state index is 0.0268. The van der Waals surface area contributed by atoms with Gasteiger partial charge in [0.05, 0.1) is 24.8 Å². The number of nitrogens with zero attached hydrogens (tertiary/aromatic N) is 5. The number of phenols is 1. The van der Waals surface area contributed by atoms with E-state index < -0.39 is 10.0 Å². The van der Waals surface area contributed by atoms with Crippen molar-refractivity contribution in [1.82, 2.24) is 15.0 Å². The van der Waals surface area contributed by atoms with E-state index in [9.17, 15) is 13.5 Å². The van der Waals surface area contributed by atoms with Crippen LogP contribution >= 0.6 is 0 Å². The van der Waals surface area contributed by atoms with Crippen molar-refractivity contribution in [1.29, 1.82) is 0 Å². The molecule has 2 aliphatic rings. The molecular formula is C27H35N7O5S. The van der Waals surface area contributed by atoms with Gasteiger partial charge in [-0.2, -0.15) is 15.0 Å². The fourth-order valence-corrected chi connectivity index (χ4v) is 5.98. The molecule has 0 bridgehead atoms. The Bertz CT molecular complexity index is 1400. The molecule has 2 aromatic carbocycles. The zero-order chi connectivity index (χ0) is 28.1. The van der Waals surface area contributed by atoms with Crippen molar-refractivity contribution in [3.8, 4) is 17.2 Å². The molecule has 2 aliphatic heterocycles.